The average molecular weight is 185 g/mol. The monoisotopic (exact) mass is 185 g/mol. The Labute approximate surface area is 82.4 Å². The number of allylic oxidation sites excluding steroid dienone is 1. The van der Waals surface area contributed by atoms with Crippen LogP contribution in [0.2, 0.25) is 0 Å². The number of nitrogens with one attached hydrogen (secondary N) is 1. The lowest BCUT2D eigenvalue weighted by Crippen LogP contribution is -2.32. The van der Waals surface area contributed by atoms with E-state index in [0.717, 1.165) is 19.8 Å². The molecule has 0 saturated heterocycles. The minimum absolute atomic E-state index is 0.380. The van der Waals surface area contributed by atoms with Crippen molar-refractivity contribution < 1.29 is 4.74 Å². The van der Waals surface area contributed by atoms with Crippen molar-refractivity contribution in [3.63, 3.8) is 0 Å². The zero-order chi connectivity index (χ0) is 10.1. The fraction of sp³-hybridized carbons (Fsp3) is 0.818. The van der Waals surface area contributed by atoms with Crippen LogP contribution in [-0.2, 0) is 4.74 Å². The summed E-state index contributed by atoms with van der Waals surface area (Å²) in [6.07, 6.45) is 3.39. The van der Waals surface area contributed by atoms with Crippen molar-refractivity contribution in [2.45, 2.75) is 40.2 Å². The van der Waals surface area contributed by atoms with Gasteiger partial charge in [0, 0.05) is 12.6 Å². The molecule has 0 rings (SSSR count). The summed E-state index contributed by atoms with van der Waals surface area (Å²) in [4.78, 5) is 0. The van der Waals surface area contributed by atoms with E-state index in [1.165, 1.54) is 12.0 Å². The third-order valence-corrected chi connectivity index (χ3v) is 1.69. The summed E-state index contributed by atoms with van der Waals surface area (Å²) in [5.74, 6) is 0. The van der Waals surface area contributed by atoms with E-state index in [1.54, 1.807) is 0 Å². The summed E-state index contributed by atoms with van der Waals surface area (Å²) >= 11 is 0. The van der Waals surface area contributed by atoms with Gasteiger partial charge in [0.2, 0.25) is 0 Å². The van der Waals surface area contributed by atoms with E-state index >= 15 is 0 Å². The van der Waals surface area contributed by atoms with Crippen LogP contribution in [0.1, 0.15) is 34.1 Å². The molecule has 78 valence electrons. The molecule has 0 aliphatic rings. The molecule has 0 bridgehead atoms. The molecule has 0 aliphatic carbocycles. The maximum absolute atomic E-state index is 5.39. The van der Waals surface area contributed by atoms with Gasteiger partial charge >= 0.3 is 0 Å². The zero-order valence-electron chi connectivity index (χ0n) is 9.39. The Hall–Kier alpha value is -0.340. The van der Waals surface area contributed by atoms with Crippen LogP contribution in [0, 0.1) is 0 Å². The summed E-state index contributed by atoms with van der Waals surface area (Å²) < 4.78 is 5.39. The molecule has 0 aromatic heterocycles. The maximum Gasteiger partial charge on any atom is 0.0655 e. The van der Waals surface area contributed by atoms with Crippen LogP contribution in [0.4, 0.5) is 0 Å². The molecule has 13 heavy (non-hydrogen) atoms. The Kier molecular flexibility index (Phi) is 8.05. The largest absolute Gasteiger partial charge is 0.380 e. The predicted octanol–water partition coefficient (Wildman–Crippen LogP) is 2.36. The number of hydrogen-bond acceptors (Lipinski definition) is 2. The fourth-order valence-electron chi connectivity index (χ4n) is 1.14. The lowest BCUT2D eigenvalue weighted by Gasteiger charge is -2.14. The molecule has 1 atom stereocenters. The van der Waals surface area contributed by atoms with Gasteiger partial charge in [0.05, 0.1) is 6.61 Å². The topological polar surface area (TPSA) is 21.3 Å². The molecule has 0 saturated carbocycles. The molecule has 0 amide bonds. The number of rotatable bonds is 7. The highest BCUT2D eigenvalue weighted by atomic mass is 16.5. The van der Waals surface area contributed by atoms with Gasteiger partial charge in [-0.2, -0.15) is 0 Å². The Morgan fingerprint density at radius 3 is 2.54 bits per heavy atom. The molecule has 0 aliphatic heterocycles. The molecule has 0 fully saturated rings. The molecule has 1 N–H and O–H groups in total. The molecule has 0 aromatic rings. The van der Waals surface area contributed by atoms with Crippen molar-refractivity contribution in [2.24, 2.45) is 0 Å². The summed E-state index contributed by atoms with van der Waals surface area (Å²) in [6, 6.07) is 0.380. The van der Waals surface area contributed by atoms with Gasteiger partial charge < -0.3 is 10.1 Å². The Balaban J connectivity index is 3.80. The fourth-order valence-corrected chi connectivity index (χ4v) is 1.14. The molecule has 0 aromatic carbocycles. The summed E-state index contributed by atoms with van der Waals surface area (Å²) in [5, 5.41) is 3.43. The van der Waals surface area contributed by atoms with Crippen molar-refractivity contribution in [1.82, 2.24) is 5.32 Å². The average Bonchev–Trinajstić information content (AvgIpc) is 2.09. The molecule has 0 radical (unpaired) electrons. The number of hydrogen-bond donors (Lipinski definition) is 1. The van der Waals surface area contributed by atoms with Crippen LogP contribution >= 0.6 is 0 Å². The minimum atomic E-state index is 0.380. The van der Waals surface area contributed by atoms with Crippen LogP contribution in [0.3, 0.4) is 0 Å². The highest BCUT2D eigenvalue weighted by Crippen LogP contribution is 1.96. The Bertz CT molecular complexity index is 131. The number of ether oxygens (including phenoxy) is 1. The molecular formula is C11H23NO. The highest BCUT2D eigenvalue weighted by molar-refractivity contribution is 5.00. The van der Waals surface area contributed by atoms with Gasteiger partial charge in [0.25, 0.3) is 0 Å². The molecule has 1 unspecified atom stereocenters. The maximum atomic E-state index is 5.39. The van der Waals surface area contributed by atoms with E-state index < -0.39 is 0 Å². The first-order valence-corrected chi connectivity index (χ1v) is 5.16. The summed E-state index contributed by atoms with van der Waals surface area (Å²) in [7, 11) is 0. The van der Waals surface area contributed by atoms with Gasteiger partial charge in [-0.3, -0.25) is 0 Å². The van der Waals surface area contributed by atoms with E-state index in [9.17, 15) is 0 Å². The zero-order valence-corrected chi connectivity index (χ0v) is 9.39. The van der Waals surface area contributed by atoms with Crippen molar-refractivity contribution in [2.75, 3.05) is 19.8 Å². The Morgan fingerprint density at radius 2 is 2.08 bits per heavy atom. The van der Waals surface area contributed by atoms with E-state index in [-0.39, 0.29) is 0 Å². The molecule has 0 spiro atoms. The standard InChI is InChI=1S/C11H23NO/c1-5-7-12-11(8-10(3)4)9-13-6-2/h8,11-12H,5-7,9H2,1-4H3. The van der Waals surface area contributed by atoms with Crippen LogP contribution in [0.15, 0.2) is 11.6 Å². The quantitative estimate of drug-likeness (QED) is 0.615. The lowest BCUT2D eigenvalue weighted by molar-refractivity contribution is 0.134. The molecular weight excluding hydrogens is 162 g/mol. The predicted molar refractivity (Wildman–Crippen MR) is 58.0 cm³/mol. The van der Waals surface area contributed by atoms with E-state index in [1.807, 2.05) is 6.92 Å². The van der Waals surface area contributed by atoms with Crippen LogP contribution in [0.5, 0.6) is 0 Å². The molecule has 2 nitrogen and oxygen atoms in total. The van der Waals surface area contributed by atoms with Gasteiger partial charge in [0.15, 0.2) is 0 Å². The third kappa shape index (κ3) is 8.00. The summed E-state index contributed by atoms with van der Waals surface area (Å²) in [5.41, 5.74) is 1.34. The van der Waals surface area contributed by atoms with Crippen LogP contribution < -0.4 is 5.32 Å². The van der Waals surface area contributed by atoms with Gasteiger partial charge in [-0.05, 0) is 33.7 Å². The smallest absolute Gasteiger partial charge is 0.0655 e. The van der Waals surface area contributed by atoms with Gasteiger partial charge in [-0.15, -0.1) is 0 Å². The van der Waals surface area contributed by atoms with Crippen molar-refractivity contribution in [3.8, 4) is 0 Å². The molecule has 2 heteroatoms. The lowest BCUT2D eigenvalue weighted by atomic mass is 10.2. The van der Waals surface area contributed by atoms with Crippen LogP contribution in [-0.4, -0.2) is 25.8 Å². The van der Waals surface area contributed by atoms with Crippen molar-refractivity contribution >= 4 is 0 Å². The highest BCUT2D eigenvalue weighted by Gasteiger charge is 2.02. The normalized spacial score (nSPS) is 12.6. The molecule has 0 heterocycles. The SMILES string of the molecule is CCCNC(C=C(C)C)COCC. The van der Waals surface area contributed by atoms with Gasteiger partial charge in [-0.1, -0.05) is 18.6 Å². The van der Waals surface area contributed by atoms with Gasteiger partial charge in [0.1, 0.15) is 0 Å². The van der Waals surface area contributed by atoms with E-state index in [2.05, 4.69) is 32.2 Å². The summed E-state index contributed by atoms with van der Waals surface area (Å²) in [6.45, 7) is 11.1. The second-order valence-corrected chi connectivity index (χ2v) is 3.46. The van der Waals surface area contributed by atoms with Crippen LogP contribution in [0.25, 0.3) is 0 Å². The second kappa shape index (κ2) is 8.27. The minimum Gasteiger partial charge on any atom is -0.380 e. The first-order chi connectivity index (χ1) is 6.20. The van der Waals surface area contributed by atoms with Crippen molar-refractivity contribution in [3.05, 3.63) is 11.6 Å². The third-order valence-electron chi connectivity index (χ3n) is 1.69. The first-order valence-electron chi connectivity index (χ1n) is 5.16. The second-order valence-electron chi connectivity index (χ2n) is 3.46. The van der Waals surface area contributed by atoms with E-state index in [0.29, 0.717) is 6.04 Å². The first kappa shape index (κ1) is 12.7. The van der Waals surface area contributed by atoms with E-state index in [4.69, 9.17) is 4.74 Å². The Morgan fingerprint density at radius 1 is 1.38 bits per heavy atom. The van der Waals surface area contributed by atoms with Gasteiger partial charge in [-0.25, -0.2) is 0 Å². The van der Waals surface area contributed by atoms with Crippen molar-refractivity contribution in [1.29, 1.82) is 0 Å².